The predicted molar refractivity (Wildman–Crippen MR) is 117 cm³/mol. The number of phenols is 1. The first-order chi connectivity index (χ1) is 14.1. The third-order valence-corrected chi connectivity index (χ3v) is 5.02. The van der Waals surface area contributed by atoms with Crippen LogP contribution in [0.15, 0.2) is 59.7 Å². The zero-order chi connectivity index (χ0) is 20.4. The van der Waals surface area contributed by atoms with E-state index in [0.717, 1.165) is 46.0 Å². The standard InChI is InChI=1S/C23H26N4O2/c1-4-16-13-18(12-15(3)22(16)28)17-10-11-21-25-23(26-27(21)14-17)24-19-8-6-7-9-20(19)29-5-2/h6-14,23-24,26,28H,4-5H2,1-3H3. The van der Waals surface area contributed by atoms with Crippen LogP contribution in [0.25, 0.3) is 5.57 Å². The highest BCUT2D eigenvalue weighted by Gasteiger charge is 2.25. The van der Waals surface area contributed by atoms with Crippen LogP contribution in [-0.4, -0.2) is 28.8 Å². The zero-order valence-corrected chi connectivity index (χ0v) is 16.9. The number of hydrazine groups is 1. The summed E-state index contributed by atoms with van der Waals surface area (Å²) in [6, 6.07) is 11.9. The van der Waals surface area contributed by atoms with Gasteiger partial charge in [0.1, 0.15) is 17.3 Å². The number of amidine groups is 1. The molecule has 2 aromatic carbocycles. The first kappa shape index (κ1) is 19.1. The van der Waals surface area contributed by atoms with E-state index in [-0.39, 0.29) is 6.29 Å². The Hall–Kier alpha value is -3.25. The van der Waals surface area contributed by atoms with Gasteiger partial charge < -0.3 is 15.2 Å². The molecule has 3 N–H and O–H groups in total. The van der Waals surface area contributed by atoms with Crippen LogP contribution >= 0.6 is 0 Å². The van der Waals surface area contributed by atoms with Gasteiger partial charge in [-0.25, -0.2) is 4.99 Å². The highest BCUT2D eigenvalue weighted by molar-refractivity contribution is 6.00. The van der Waals surface area contributed by atoms with Gasteiger partial charge in [0, 0.05) is 6.20 Å². The highest BCUT2D eigenvalue weighted by atomic mass is 16.5. The lowest BCUT2D eigenvalue weighted by atomic mass is 9.97. The van der Waals surface area contributed by atoms with Crippen LogP contribution in [-0.2, 0) is 6.42 Å². The fraction of sp³-hybridized carbons (Fsp3) is 0.261. The number of hydrogen-bond acceptors (Lipinski definition) is 6. The minimum absolute atomic E-state index is 0.292. The molecule has 2 aliphatic heterocycles. The zero-order valence-electron chi connectivity index (χ0n) is 16.9. The van der Waals surface area contributed by atoms with Crippen molar-refractivity contribution in [2.75, 3.05) is 11.9 Å². The van der Waals surface area contributed by atoms with Crippen LogP contribution in [0.3, 0.4) is 0 Å². The van der Waals surface area contributed by atoms with Crippen LogP contribution < -0.4 is 15.5 Å². The number of rotatable bonds is 6. The molecule has 0 spiro atoms. The lowest BCUT2D eigenvalue weighted by molar-refractivity contribution is 0.340. The molecule has 4 rings (SSSR count). The number of aromatic hydroxyl groups is 1. The Labute approximate surface area is 171 Å². The molecular formula is C23H26N4O2. The summed E-state index contributed by atoms with van der Waals surface area (Å²) in [4.78, 5) is 4.69. The third-order valence-electron chi connectivity index (χ3n) is 5.02. The largest absolute Gasteiger partial charge is 0.507 e. The van der Waals surface area contributed by atoms with Crippen LogP contribution in [0.2, 0.25) is 0 Å². The van der Waals surface area contributed by atoms with E-state index in [9.17, 15) is 5.11 Å². The fourth-order valence-electron chi connectivity index (χ4n) is 3.53. The van der Waals surface area contributed by atoms with E-state index in [4.69, 9.17) is 9.73 Å². The Morgan fingerprint density at radius 1 is 1.21 bits per heavy atom. The summed E-state index contributed by atoms with van der Waals surface area (Å²) in [5.41, 5.74) is 8.22. The van der Waals surface area contributed by atoms with E-state index in [1.54, 1.807) is 0 Å². The highest BCUT2D eigenvalue weighted by Crippen LogP contribution is 2.31. The van der Waals surface area contributed by atoms with Gasteiger partial charge in [-0.2, -0.15) is 5.43 Å². The van der Waals surface area contributed by atoms with Crippen molar-refractivity contribution in [3.05, 3.63) is 71.4 Å². The molecule has 2 aliphatic rings. The van der Waals surface area contributed by atoms with Gasteiger partial charge in [-0.15, -0.1) is 0 Å². The van der Waals surface area contributed by atoms with Gasteiger partial charge in [-0.1, -0.05) is 19.1 Å². The molecule has 150 valence electrons. The quantitative estimate of drug-likeness (QED) is 0.690. The van der Waals surface area contributed by atoms with Crippen molar-refractivity contribution < 1.29 is 9.84 Å². The molecule has 0 radical (unpaired) electrons. The van der Waals surface area contributed by atoms with Crippen LogP contribution in [0.1, 0.15) is 30.5 Å². The molecule has 2 aromatic rings. The lowest BCUT2D eigenvalue weighted by Crippen LogP contribution is -2.40. The van der Waals surface area contributed by atoms with Gasteiger partial charge in [0.25, 0.3) is 0 Å². The molecule has 0 saturated carbocycles. The molecule has 6 heteroatoms. The second-order valence-electron chi connectivity index (χ2n) is 7.03. The molecule has 0 aromatic heterocycles. The van der Waals surface area contributed by atoms with Crippen LogP contribution in [0.4, 0.5) is 5.69 Å². The molecule has 0 amide bonds. The van der Waals surface area contributed by atoms with E-state index in [2.05, 4.69) is 16.8 Å². The van der Waals surface area contributed by atoms with Gasteiger partial charge in [0.15, 0.2) is 6.29 Å². The van der Waals surface area contributed by atoms with Gasteiger partial charge >= 0.3 is 0 Å². The number of aliphatic imine (C=N–C) groups is 1. The molecule has 0 bridgehead atoms. The molecular weight excluding hydrogens is 364 g/mol. The SMILES string of the molecule is CCOc1ccccc1NC1N=C2C=CC(c3cc(C)c(O)c(CC)c3)=CN2N1. The van der Waals surface area contributed by atoms with E-state index in [1.165, 1.54) is 0 Å². The molecule has 1 unspecified atom stereocenters. The van der Waals surface area contributed by atoms with Gasteiger partial charge in [-0.3, -0.25) is 5.01 Å². The second kappa shape index (κ2) is 8.01. The number of allylic oxidation sites excluding steroid dienone is 2. The van der Waals surface area contributed by atoms with E-state index in [0.29, 0.717) is 12.4 Å². The summed E-state index contributed by atoms with van der Waals surface area (Å²) in [5.74, 6) is 2.03. The number of anilines is 1. The second-order valence-corrected chi connectivity index (χ2v) is 7.03. The average molecular weight is 390 g/mol. The maximum Gasteiger partial charge on any atom is 0.193 e. The fourth-order valence-corrected chi connectivity index (χ4v) is 3.53. The topological polar surface area (TPSA) is 69.1 Å². The summed E-state index contributed by atoms with van der Waals surface area (Å²) < 4.78 is 5.68. The molecule has 6 nitrogen and oxygen atoms in total. The minimum atomic E-state index is -0.292. The summed E-state index contributed by atoms with van der Waals surface area (Å²) in [5, 5.41) is 15.5. The summed E-state index contributed by atoms with van der Waals surface area (Å²) in [6.07, 6.45) is 6.57. The maximum absolute atomic E-state index is 10.2. The first-order valence-corrected chi connectivity index (χ1v) is 9.93. The average Bonchev–Trinajstić information content (AvgIpc) is 3.13. The Balaban J connectivity index is 1.53. The van der Waals surface area contributed by atoms with Crippen LogP contribution in [0.5, 0.6) is 11.5 Å². The van der Waals surface area contributed by atoms with Crippen molar-refractivity contribution in [3.63, 3.8) is 0 Å². The molecule has 0 saturated heterocycles. The smallest absolute Gasteiger partial charge is 0.193 e. The van der Waals surface area contributed by atoms with Crippen molar-refractivity contribution in [1.29, 1.82) is 0 Å². The van der Waals surface area contributed by atoms with Crippen molar-refractivity contribution in [2.45, 2.75) is 33.5 Å². The van der Waals surface area contributed by atoms with Crippen molar-refractivity contribution in [1.82, 2.24) is 10.4 Å². The summed E-state index contributed by atoms with van der Waals surface area (Å²) >= 11 is 0. The van der Waals surface area contributed by atoms with E-state index in [1.807, 2.05) is 74.5 Å². The van der Waals surface area contributed by atoms with Gasteiger partial charge in [0.05, 0.1) is 12.3 Å². The number of nitrogens with one attached hydrogen (secondary N) is 2. The predicted octanol–water partition coefficient (Wildman–Crippen LogP) is 4.19. The molecule has 2 heterocycles. The van der Waals surface area contributed by atoms with Crippen LogP contribution in [0, 0.1) is 6.92 Å². The number of nitrogens with zero attached hydrogens (tertiary/aromatic N) is 2. The third kappa shape index (κ3) is 3.84. The normalized spacial score (nSPS) is 17.6. The number of phenolic OH excluding ortho intramolecular Hbond substituents is 1. The lowest BCUT2D eigenvalue weighted by Gasteiger charge is -2.22. The number of para-hydroxylation sites is 2. The Morgan fingerprint density at radius 2 is 2.03 bits per heavy atom. The number of hydrogen-bond donors (Lipinski definition) is 3. The Kier molecular flexibility index (Phi) is 5.27. The van der Waals surface area contributed by atoms with Gasteiger partial charge in [-0.05, 0) is 78.9 Å². The number of benzene rings is 2. The number of aryl methyl sites for hydroxylation is 2. The van der Waals surface area contributed by atoms with Crippen molar-refractivity contribution >= 4 is 17.1 Å². The van der Waals surface area contributed by atoms with E-state index >= 15 is 0 Å². The monoisotopic (exact) mass is 390 g/mol. The van der Waals surface area contributed by atoms with Gasteiger partial charge in [0.2, 0.25) is 0 Å². The first-order valence-electron chi connectivity index (χ1n) is 9.93. The molecule has 1 atom stereocenters. The Morgan fingerprint density at radius 3 is 2.83 bits per heavy atom. The van der Waals surface area contributed by atoms with Crippen molar-refractivity contribution in [2.24, 2.45) is 4.99 Å². The summed E-state index contributed by atoms with van der Waals surface area (Å²) in [6.45, 7) is 6.56. The maximum atomic E-state index is 10.2. The Bertz CT molecular complexity index is 1010. The minimum Gasteiger partial charge on any atom is -0.507 e. The molecule has 29 heavy (non-hydrogen) atoms. The van der Waals surface area contributed by atoms with Crippen molar-refractivity contribution in [3.8, 4) is 11.5 Å². The number of ether oxygens (including phenoxy) is 1. The summed E-state index contributed by atoms with van der Waals surface area (Å²) in [7, 11) is 0. The molecule has 0 fully saturated rings. The van der Waals surface area contributed by atoms with E-state index < -0.39 is 0 Å². The number of fused-ring (bicyclic) bond motifs is 1. The molecule has 0 aliphatic carbocycles.